The molecule has 1 aliphatic heterocycles. The summed E-state index contributed by atoms with van der Waals surface area (Å²) >= 11 is 0. The van der Waals surface area contributed by atoms with E-state index in [1.807, 2.05) is 12.1 Å². The molecule has 26 heavy (non-hydrogen) atoms. The molecule has 1 saturated heterocycles. The lowest BCUT2D eigenvalue weighted by atomic mass is 10.1. The largest absolute Gasteiger partial charge is 0.493 e. The molecule has 1 fully saturated rings. The second-order valence-electron chi connectivity index (χ2n) is 6.74. The summed E-state index contributed by atoms with van der Waals surface area (Å²) in [5.74, 6) is 1.67. The van der Waals surface area contributed by atoms with Gasteiger partial charge in [-0.3, -0.25) is 4.90 Å². The van der Waals surface area contributed by atoms with Crippen molar-refractivity contribution < 1.29 is 13.9 Å². The van der Waals surface area contributed by atoms with Gasteiger partial charge in [0, 0.05) is 25.7 Å². The minimum atomic E-state index is -0.248. The van der Waals surface area contributed by atoms with Crippen LogP contribution in [0.5, 0.6) is 11.5 Å². The summed E-state index contributed by atoms with van der Waals surface area (Å²) in [6.07, 6.45) is 0. The number of ether oxygens (including phenoxy) is 2. The molecule has 0 aromatic heterocycles. The Morgan fingerprint density at radius 2 is 1.77 bits per heavy atom. The highest BCUT2D eigenvalue weighted by Crippen LogP contribution is 2.30. The maximum Gasteiger partial charge on any atom is 0.161 e. The first-order valence-electron chi connectivity index (χ1n) is 8.57. The Morgan fingerprint density at radius 1 is 1.08 bits per heavy atom. The number of nitrogens with two attached hydrogens (primary N) is 1. The Balaban J connectivity index is 0.00000243. The van der Waals surface area contributed by atoms with E-state index < -0.39 is 0 Å². The van der Waals surface area contributed by atoms with Gasteiger partial charge in [-0.2, -0.15) is 0 Å². The fraction of sp³-hybridized carbons (Fsp3) is 0.400. The van der Waals surface area contributed by atoms with Crippen LogP contribution in [0.25, 0.3) is 0 Å². The van der Waals surface area contributed by atoms with Crippen molar-refractivity contribution >= 4 is 12.4 Å². The van der Waals surface area contributed by atoms with Crippen LogP contribution in [0, 0.1) is 11.7 Å². The summed E-state index contributed by atoms with van der Waals surface area (Å²) in [7, 11) is 1.64. The zero-order chi connectivity index (χ0) is 17.8. The predicted octanol–water partition coefficient (Wildman–Crippen LogP) is 3.61. The summed E-state index contributed by atoms with van der Waals surface area (Å²) < 4.78 is 24.3. The summed E-state index contributed by atoms with van der Waals surface area (Å²) in [5.41, 5.74) is 8.18. The van der Waals surface area contributed by atoms with Crippen LogP contribution in [0.3, 0.4) is 0 Å². The topological polar surface area (TPSA) is 47.7 Å². The summed E-state index contributed by atoms with van der Waals surface area (Å²) in [6.45, 7) is 5.36. The predicted molar refractivity (Wildman–Crippen MR) is 103 cm³/mol. The van der Waals surface area contributed by atoms with Crippen molar-refractivity contribution in [2.45, 2.75) is 26.1 Å². The highest BCUT2D eigenvalue weighted by Gasteiger charge is 2.26. The lowest BCUT2D eigenvalue weighted by Crippen LogP contribution is -2.28. The van der Waals surface area contributed by atoms with Gasteiger partial charge in [-0.15, -0.1) is 12.4 Å². The number of benzene rings is 2. The highest BCUT2D eigenvalue weighted by atomic mass is 35.5. The molecular weight excluding hydrogens is 355 g/mol. The Labute approximate surface area is 160 Å². The van der Waals surface area contributed by atoms with Crippen LogP contribution < -0.4 is 15.2 Å². The molecule has 0 bridgehead atoms. The zero-order valence-electron chi connectivity index (χ0n) is 15.2. The maximum atomic E-state index is 13.0. The lowest BCUT2D eigenvalue weighted by Gasteiger charge is -2.17. The molecule has 0 spiro atoms. The van der Waals surface area contributed by atoms with Crippen LogP contribution in [-0.4, -0.2) is 31.1 Å². The maximum absolute atomic E-state index is 13.0. The smallest absolute Gasteiger partial charge is 0.161 e. The van der Waals surface area contributed by atoms with E-state index in [1.165, 1.54) is 17.7 Å². The van der Waals surface area contributed by atoms with E-state index in [-0.39, 0.29) is 24.3 Å². The number of rotatable bonds is 6. The monoisotopic (exact) mass is 380 g/mol. The third-order valence-electron chi connectivity index (χ3n) is 4.69. The standard InChI is InChI=1S/C20H25FN2O2.ClH/c1-14-10-23(12-18(14)22)11-16-5-8-19(20(9-16)24-2)25-13-15-3-6-17(21)7-4-15;/h3-9,14,18H,10-13,22H2,1-2H3;1H. The van der Waals surface area contributed by atoms with Gasteiger partial charge in [0.05, 0.1) is 7.11 Å². The van der Waals surface area contributed by atoms with Gasteiger partial charge >= 0.3 is 0 Å². The van der Waals surface area contributed by atoms with Crippen molar-refractivity contribution in [3.8, 4) is 11.5 Å². The summed E-state index contributed by atoms with van der Waals surface area (Å²) in [6, 6.07) is 12.5. The average molecular weight is 381 g/mol. The first kappa shape index (κ1) is 20.5. The minimum absolute atomic E-state index is 0. The van der Waals surface area contributed by atoms with Crippen molar-refractivity contribution in [2.75, 3.05) is 20.2 Å². The van der Waals surface area contributed by atoms with Crippen molar-refractivity contribution in [3.05, 3.63) is 59.4 Å². The first-order chi connectivity index (χ1) is 12.0. The fourth-order valence-corrected chi connectivity index (χ4v) is 3.15. The molecule has 6 heteroatoms. The normalized spacial score (nSPS) is 19.8. The van der Waals surface area contributed by atoms with Crippen LogP contribution in [0.1, 0.15) is 18.1 Å². The van der Waals surface area contributed by atoms with Gasteiger partial charge in [-0.1, -0.05) is 25.1 Å². The molecular formula is C20H26ClFN2O2. The number of halogens is 2. The van der Waals surface area contributed by atoms with Crippen LogP contribution in [-0.2, 0) is 13.2 Å². The minimum Gasteiger partial charge on any atom is -0.493 e. The van der Waals surface area contributed by atoms with Gasteiger partial charge in [0.2, 0.25) is 0 Å². The molecule has 0 radical (unpaired) electrons. The molecule has 1 aliphatic rings. The van der Waals surface area contributed by atoms with Crippen molar-refractivity contribution in [3.63, 3.8) is 0 Å². The molecule has 4 nitrogen and oxygen atoms in total. The average Bonchev–Trinajstić information content (AvgIpc) is 2.92. The number of nitrogens with zero attached hydrogens (tertiary/aromatic N) is 1. The number of methoxy groups -OCH3 is 1. The Bertz CT molecular complexity index is 701. The SMILES string of the molecule is COc1cc(CN2CC(C)C(N)C2)ccc1OCc1ccc(F)cc1.Cl. The second kappa shape index (κ2) is 9.21. The molecule has 0 saturated carbocycles. The van der Waals surface area contributed by atoms with Gasteiger partial charge in [0.15, 0.2) is 11.5 Å². The van der Waals surface area contributed by atoms with Gasteiger partial charge in [0.1, 0.15) is 12.4 Å². The third-order valence-corrected chi connectivity index (χ3v) is 4.69. The molecule has 0 aliphatic carbocycles. The van der Waals surface area contributed by atoms with Crippen LogP contribution in [0.2, 0.25) is 0 Å². The van der Waals surface area contributed by atoms with E-state index in [2.05, 4.69) is 17.9 Å². The van der Waals surface area contributed by atoms with Gasteiger partial charge in [0.25, 0.3) is 0 Å². The van der Waals surface area contributed by atoms with Gasteiger partial charge in [-0.25, -0.2) is 4.39 Å². The molecule has 2 atom stereocenters. The van der Waals surface area contributed by atoms with Gasteiger partial charge in [-0.05, 0) is 41.3 Å². The quantitative estimate of drug-likeness (QED) is 0.831. The van der Waals surface area contributed by atoms with E-state index in [0.717, 1.165) is 25.2 Å². The second-order valence-corrected chi connectivity index (χ2v) is 6.74. The van der Waals surface area contributed by atoms with E-state index in [9.17, 15) is 4.39 Å². The van der Waals surface area contributed by atoms with E-state index in [4.69, 9.17) is 15.2 Å². The number of hydrogen-bond donors (Lipinski definition) is 1. The zero-order valence-corrected chi connectivity index (χ0v) is 16.0. The molecule has 3 rings (SSSR count). The fourth-order valence-electron chi connectivity index (χ4n) is 3.15. The van der Waals surface area contributed by atoms with Crippen LogP contribution in [0.4, 0.5) is 4.39 Å². The summed E-state index contributed by atoms with van der Waals surface area (Å²) in [5, 5.41) is 0. The van der Waals surface area contributed by atoms with Crippen molar-refractivity contribution in [2.24, 2.45) is 11.7 Å². The van der Waals surface area contributed by atoms with E-state index in [0.29, 0.717) is 24.0 Å². The molecule has 2 aromatic rings. The van der Waals surface area contributed by atoms with Gasteiger partial charge < -0.3 is 15.2 Å². The number of likely N-dealkylation sites (tertiary alicyclic amines) is 1. The third kappa shape index (κ3) is 5.10. The Kier molecular flexibility index (Phi) is 7.26. The molecule has 2 unspecified atom stereocenters. The van der Waals surface area contributed by atoms with E-state index in [1.54, 1.807) is 19.2 Å². The highest BCUT2D eigenvalue weighted by molar-refractivity contribution is 5.85. The van der Waals surface area contributed by atoms with Crippen LogP contribution in [0.15, 0.2) is 42.5 Å². The molecule has 0 amide bonds. The van der Waals surface area contributed by atoms with Crippen molar-refractivity contribution in [1.82, 2.24) is 4.90 Å². The summed E-state index contributed by atoms with van der Waals surface area (Å²) in [4.78, 5) is 2.36. The molecule has 1 heterocycles. The van der Waals surface area contributed by atoms with E-state index >= 15 is 0 Å². The molecule has 2 N–H and O–H groups in total. The molecule has 142 valence electrons. The molecule has 2 aromatic carbocycles. The Morgan fingerprint density at radius 3 is 2.38 bits per heavy atom. The Hall–Kier alpha value is -1.82. The first-order valence-corrected chi connectivity index (χ1v) is 8.57. The number of hydrogen-bond acceptors (Lipinski definition) is 4. The van der Waals surface area contributed by atoms with Crippen LogP contribution >= 0.6 is 12.4 Å². The van der Waals surface area contributed by atoms with Crippen molar-refractivity contribution in [1.29, 1.82) is 0 Å². The lowest BCUT2D eigenvalue weighted by molar-refractivity contribution is 0.282.